The van der Waals surface area contributed by atoms with Crippen LogP contribution in [0.4, 0.5) is 11.4 Å². The maximum atomic E-state index is 11.7. The van der Waals surface area contributed by atoms with Crippen molar-refractivity contribution < 1.29 is 4.92 Å². The summed E-state index contributed by atoms with van der Waals surface area (Å²) in [6, 6.07) is 14.9. The zero-order valence-electron chi connectivity index (χ0n) is 15.9. The van der Waals surface area contributed by atoms with Crippen molar-refractivity contribution in [1.82, 2.24) is 10.3 Å². The molecule has 0 amide bonds. The Hall–Kier alpha value is -3.04. The first-order valence-electron chi connectivity index (χ1n) is 8.67. The minimum Gasteiger partial charge on any atom is -0.375 e. The second-order valence-electron chi connectivity index (χ2n) is 6.45. The molecule has 28 heavy (non-hydrogen) atoms. The largest absolute Gasteiger partial charge is 0.375 e. The molecular formula is C19H24N6O2S. The van der Waals surface area contributed by atoms with Gasteiger partial charge in [0.25, 0.3) is 5.69 Å². The molecule has 0 unspecified atom stereocenters. The Balaban J connectivity index is 2.35. The lowest BCUT2D eigenvalue weighted by atomic mass is 10.1. The standard InChI is InChI=1S/C19H24N6O2S/c1-23(2)10-11-24(14-15-6-4-3-5-7-15)17-9-8-16(12-18(17)25(26)27)13-21-22-19(20)28/h3-9,12-13H,10-11,14H2,1-2H3,(H3,20,22,28). The van der Waals surface area contributed by atoms with Gasteiger partial charge in [-0.05, 0) is 37.9 Å². The third kappa shape index (κ3) is 6.60. The van der Waals surface area contributed by atoms with Gasteiger partial charge in [0, 0.05) is 31.3 Å². The average Bonchev–Trinajstić information content (AvgIpc) is 2.65. The van der Waals surface area contributed by atoms with E-state index >= 15 is 0 Å². The number of nitrogens with two attached hydrogens (primary N) is 1. The number of hydrogen-bond acceptors (Lipinski definition) is 6. The van der Waals surface area contributed by atoms with Crippen LogP contribution in [0, 0.1) is 10.1 Å². The first-order valence-corrected chi connectivity index (χ1v) is 9.08. The van der Waals surface area contributed by atoms with Gasteiger partial charge < -0.3 is 15.5 Å². The Bertz CT molecular complexity index is 842. The number of nitro groups is 1. The summed E-state index contributed by atoms with van der Waals surface area (Å²) in [6.45, 7) is 2.00. The summed E-state index contributed by atoms with van der Waals surface area (Å²) in [5.74, 6) is 0. The lowest BCUT2D eigenvalue weighted by Crippen LogP contribution is -2.31. The van der Waals surface area contributed by atoms with E-state index < -0.39 is 0 Å². The van der Waals surface area contributed by atoms with Crippen molar-refractivity contribution in [2.45, 2.75) is 6.54 Å². The van der Waals surface area contributed by atoms with Gasteiger partial charge in [0.05, 0.1) is 11.1 Å². The van der Waals surface area contributed by atoms with Gasteiger partial charge in [-0.25, -0.2) is 0 Å². The summed E-state index contributed by atoms with van der Waals surface area (Å²) in [5.41, 5.74) is 10.0. The first-order chi connectivity index (χ1) is 13.4. The maximum Gasteiger partial charge on any atom is 0.293 e. The van der Waals surface area contributed by atoms with Crippen molar-refractivity contribution in [1.29, 1.82) is 0 Å². The van der Waals surface area contributed by atoms with Crippen LogP contribution in [0.5, 0.6) is 0 Å². The number of hydrogen-bond donors (Lipinski definition) is 2. The number of anilines is 1. The van der Waals surface area contributed by atoms with Crippen LogP contribution >= 0.6 is 12.2 Å². The fraction of sp³-hybridized carbons (Fsp3) is 0.263. The van der Waals surface area contributed by atoms with Crippen molar-refractivity contribution in [2.24, 2.45) is 10.8 Å². The van der Waals surface area contributed by atoms with Gasteiger partial charge in [0.2, 0.25) is 0 Å². The van der Waals surface area contributed by atoms with Crippen LogP contribution in [0.25, 0.3) is 0 Å². The van der Waals surface area contributed by atoms with Gasteiger partial charge in [-0.3, -0.25) is 15.5 Å². The van der Waals surface area contributed by atoms with Crippen LogP contribution in [0.1, 0.15) is 11.1 Å². The van der Waals surface area contributed by atoms with Crippen LogP contribution in [0.15, 0.2) is 53.6 Å². The molecule has 8 nitrogen and oxygen atoms in total. The fourth-order valence-corrected chi connectivity index (χ4v) is 2.67. The van der Waals surface area contributed by atoms with Gasteiger partial charge >= 0.3 is 0 Å². The van der Waals surface area contributed by atoms with E-state index in [4.69, 9.17) is 5.73 Å². The van der Waals surface area contributed by atoms with Crippen molar-refractivity contribution in [2.75, 3.05) is 32.1 Å². The molecule has 0 aliphatic rings. The smallest absolute Gasteiger partial charge is 0.293 e. The SMILES string of the molecule is CN(C)CCN(Cc1ccccc1)c1ccc(C=NNC(N)=S)cc1[N+](=O)[O-]. The molecule has 0 heterocycles. The number of benzene rings is 2. The number of hydrazone groups is 1. The molecule has 0 bridgehead atoms. The number of nitro benzene ring substituents is 1. The van der Waals surface area contributed by atoms with E-state index in [9.17, 15) is 10.1 Å². The molecule has 0 aliphatic carbocycles. The predicted octanol–water partition coefficient (Wildman–Crippen LogP) is 2.33. The molecule has 0 aromatic heterocycles. The number of likely N-dealkylation sites (N-methyl/N-ethyl adjacent to an activating group) is 1. The monoisotopic (exact) mass is 400 g/mol. The van der Waals surface area contributed by atoms with E-state index in [0.717, 1.165) is 12.1 Å². The van der Waals surface area contributed by atoms with E-state index in [0.29, 0.717) is 24.3 Å². The number of nitrogens with one attached hydrogen (secondary N) is 1. The van der Waals surface area contributed by atoms with E-state index in [2.05, 4.69) is 22.7 Å². The second kappa shape index (κ2) is 10.3. The van der Waals surface area contributed by atoms with Crippen LogP contribution < -0.4 is 16.1 Å². The highest BCUT2D eigenvalue weighted by Gasteiger charge is 2.20. The highest BCUT2D eigenvalue weighted by Crippen LogP contribution is 2.30. The summed E-state index contributed by atoms with van der Waals surface area (Å²) in [5, 5.41) is 15.6. The third-order valence-electron chi connectivity index (χ3n) is 3.96. The Kier molecular flexibility index (Phi) is 7.85. The summed E-state index contributed by atoms with van der Waals surface area (Å²) >= 11 is 4.68. The molecule has 0 spiro atoms. The molecule has 0 radical (unpaired) electrons. The summed E-state index contributed by atoms with van der Waals surface area (Å²) in [7, 11) is 3.95. The molecular weight excluding hydrogens is 376 g/mol. The van der Waals surface area contributed by atoms with Gasteiger partial charge in [0.1, 0.15) is 5.69 Å². The normalized spacial score (nSPS) is 11.0. The third-order valence-corrected chi connectivity index (χ3v) is 4.05. The summed E-state index contributed by atoms with van der Waals surface area (Å²) < 4.78 is 0. The van der Waals surface area contributed by atoms with Crippen molar-refractivity contribution in [3.63, 3.8) is 0 Å². The quantitative estimate of drug-likeness (QED) is 0.288. The lowest BCUT2D eigenvalue weighted by Gasteiger charge is -2.26. The van der Waals surface area contributed by atoms with Crippen LogP contribution in [0.3, 0.4) is 0 Å². The van der Waals surface area contributed by atoms with Crippen LogP contribution in [0.2, 0.25) is 0 Å². The van der Waals surface area contributed by atoms with Gasteiger partial charge in [-0.1, -0.05) is 36.4 Å². The Morgan fingerprint density at radius 2 is 1.96 bits per heavy atom. The molecule has 0 atom stereocenters. The molecule has 3 N–H and O–H groups in total. The Labute approximate surface area is 169 Å². The number of thiocarbonyl (C=S) groups is 1. The molecule has 9 heteroatoms. The van der Waals surface area contributed by atoms with Crippen molar-refractivity contribution >= 4 is 34.9 Å². The van der Waals surface area contributed by atoms with Crippen molar-refractivity contribution in [3.05, 3.63) is 69.8 Å². The molecule has 0 saturated carbocycles. The van der Waals surface area contributed by atoms with Gasteiger partial charge in [-0.2, -0.15) is 5.10 Å². The molecule has 0 aliphatic heterocycles. The molecule has 148 valence electrons. The van der Waals surface area contributed by atoms with E-state index in [1.165, 1.54) is 12.3 Å². The summed E-state index contributed by atoms with van der Waals surface area (Å²) in [4.78, 5) is 15.4. The van der Waals surface area contributed by atoms with Gasteiger partial charge in [0.15, 0.2) is 5.11 Å². The van der Waals surface area contributed by atoms with Crippen molar-refractivity contribution in [3.8, 4) is 0 Å². The number of nitrogens with zero attached hydrogens (tertiary/aromatic N) is 4. The minimum absolute atomic E-state index is 0.0222. The van der Waals surface area contributed by atoms with Gasteiger partial charge in [-0.15, -0.1) is 0 Å². The fourth-order valence-electron chi connectivity index (χ4n) is 2.61. The number of rotatable bonds is 9. The second-order valence-corrected chi connectivity index (χ2v) is 6.89. The zero-order valence-corrected chi connectivity index (χ0v) is 16.7. The molecule has 0 fully saturated rings. The molecule has 0 saturated heterocycles. The summed E-state index contributed by atoms with van der Waals surface area (Å²) in [6.07, 6.45) is 1.44. The topological polar surface area (TPSA) is 100 Å². The first kappa shape index (κ1) is 21.3. The Morgan fingerprint density at radius 3 is 2.57 bits per heavy atom. The molecule has 2 aromatic rings. The lowest BCUT2D eigenvalue weighted by molar-refractivity contribution is -0.384. The maximum absolute atomic E-state index is 11.7. The minimum atomic E-state index is -0.374. The van der Waals surface area contributed by atoms with Crippen LogP contribution in [-0.2, 0) is 6.54 Å². The van der Waals surface area contributed by atoms with E-state index in [1.807, 2.05) is 54.2 Å². The predicted molar refractivity (Wildman–Crippen MR) is 117 cm³/mol. The highest BCUT2D eigenvalue weighted by molar-refractivity contribution is 7.80. The zero-order chi connectivity index (χ0) is 20.5. The average molecular weight is 401 g/mol. The van der Waals surface area contributed by atoms with Crippen LogP contribution in [-0.4, -0.2) is 48.3 Å². The molecule has 2 rings (SSSR count). The molecule has 2 aromatic carbocycles. The highest BCUT2D eigenvalue weighted by atomic mass is 32.1. The Morgan fingerprint density at radius 1 is 1.25 bits per heavy atom. The van der Waals surface area contributed by atoms with E-state index in [-0.39, 0.29) is 15.7 Å². The van der Waals surface area contributed by atoms with E-state index in [1.54, 1.807) is 12.1 Å².